The van der Waals surface area contributed by atoms with E-state index in [9.17, 15) is 15.0 Å². The van der Waals surface area contributed by atoms with Crippen molar-refractivity contribution in [2.24, 2.45) is 0 Å². The quantitative estimate of drug-likeness (QED) is 0.734. The molecule has 1 aromatic heterocycles. The van der Waals surface area contributed by atoms with E-state index in [0.29, 0.717) is 11.4 Å². The zero-order valence-electron chi connectivity index (χ0n) is 13.4. The van der Waals surface area contributed by atoms with Crippen molar-refractivity contribution in [2.45, 2.75) is 45.0 Å². The van der Waals surface area contributed by atoms with Crippen LogP contribution < -0.4 is 10.1 Å². The summed E-state index contributed by atoms with van der Waals surface area (Å²) >= 11 is 0. The van der Waals surface area contributed by atoms with Crippen LogP contribution in [0, 0.1) is 0 Å². The maximum Gasteiger partial charge on any atom is 0.407 e. The number of amides is 1. The smallest absolute Gasteiger partial charge is 0.407 e. The molecule has 0 aliphatic carbocycles. The van der Waals surface area contributed by atoms with Gasteiger partial charge in [0.25, 0.3) is 0 Å². The van der Waals surface area contributed by atoms with Crippen molar-refractivity contribution < 1.29 is 24.5 Å². The van der Waals surface area contributed by atoms with E-state index in [2.05, 4.69) is 10.3 Å². The number of aliphatic hydroxyl groups excluding tert-OH is 2. The highest BCUT2D eigenvalue weighted by atomic mass is 16.6. The van der Waals surface area contributed by atoms with Crippen LogP contribution in [0.15, 0.2) is 18.3 Å². The van der Waals surface area contributed by atoms with Gasteiger partial charge in [0, 0.05) is 6.54 Å². The van der Waals surface area contributed by atoms with Gasteiger partial charge in [0.05, 0.1) is 25.1 Å². The first kappa shape index (κ1) is 18.2. The van der Waals surface area contributed by atoms with Gasteiger partial charge in [0.2, 0.25) is 0 Å². The second-order valence-corrected chi connectivity index (χ2v) is 5.85. The molecule has 0 aromatic carbocycles. The summed E-state index contributed by atoms with van der Waals surface area (Å²) < 4.78 is 10.0. The van der Waals surface area contributed by atoms with E-state index in [1.54, 1.807) is 32.9 Å². The number of hydrogen-bond acceptors (Lipinski definition) is 6. The van der Waals surface area contributed by atoms with Gasteiger partial charge >= 0.3 is 6.09 Å². The van der Waals surface area contributed by atoms with Crippen LogP contribution >= 0.6 is 0 Å². The number of nitrogens with one attached hydrogen (secondary N) is 1. The Labute approximate surface area is 130 Å². The van der Waals surface area contributed by atoms with Gasteiger partial charge in [-0.2, -0.15) is 0 Å². The lowest BCUT2D eigenvalue weighted by Gasteiger charge is -2.21. The van der Waals surface area contributed by atoms with Gasteiger partial charge in [-0.25, -0.2) is 4.79 Å². The van der Waals surface area contributed by atoms with Gasteiger partial charge in [-0.1, -0.05) is 0 Å². The first-order chi connectivity index (χ1) is 10.2. The molecule has 1 rings (SSSR count). The summed E-state index contributed by atoms with van der Waals surface area (Å²) in [4.78, 5) is 15.5. The van der Waals surface area contributed by atoms with Crippen molar-refractivity contribution in [3.05, 3.63) is 24.0 Å². The number of alkyl carbamates (subject to hydrolysis) is 1. The molecule has 1 amide bonds. The van der Waals surface area contributed by atoms with Crippen LogP contribution in [0.2, 0.25) is 0 Å². The Kier molecular flexibility index (Phi) is 6.58. The minimum atomic E-state index is -1.13. The van der Waals surface area contributed by atoms with E-state index in [1.165, 1.54) is 13.3 Å². The summed E-state index contributed by atoms with van der Waals surface area (Å²) in [6.07, 6.45) is -1.10. The number of methoxy groups -OCH3 is 1. The molecule has 0 aliphatic heterocycles. The fourth-order valence-electron chi connectivity index (χ4n) is 1.68. The van der Waals surface area contributed by atoms with E-state index in [1.807, 2.05) is 0 Å². The third-order valence-electron chi connectivity index (χ3n) is 2.77. The highest BCUT2D eigenvalue weighted by Crippen LogP contribution is 2.19. The Balaban J connectivity index is 2.40. The van der Waals surface area contributed by atoms with Gasteiger partial charge in [-0.05, 0) is 39.3 Å². The van der Waals surface area contributed by atoms with Gasteiger partial charge in [-0.15, -0.1) is 0 Å². The van der Waals surface area contributed by atoms with Crippen LogP contribution in [0.1, 0.15) is 39.0 Å². The van der Waals surface area contributed by atoms with Gasteiger partial charge in [-0.3, -0.25) is 4.98 Å². The number of aromatic nitrogens is 1. The minimum Gasteiger partial charge on any atom is -0.495 e. The molecule has 1 aromatic rings. The summed E-state index contributed by atoms with van der Waals surface area (Å²) in [5, 5.41) is 22.5. The number of carbonyl (C=O) groups excluding carboxylic acids is 1. The monoisotopic (exact) mass is 312 g/mol. The first-order valence-electron chi connectivity index (χ1n) is 7.06. The van der Waals surface area contributed by atoms with Crippen molar-refractivity contribution in [3.8, 4) is 5.75 Å². The molecule has 0 aliphatic rings. The Bertz CT molecular complexity index is 470. The van der Waals surface area contributed by atoms with Crippen LogP contribution in [0.25, 0.3) is 0 Å². The molecule has 7 heteroatoms. The zero-order chi connectivity index (χ0) is 16.8. The average molecular weight is 312 g/mol. The molecule has 0 spiro atoms. The van der Waals surface area contributed by atoms with E-state index >= 15 is 0 Å². The molecule has 0 saturated heterocycles. The summed E-state index contributed by atoms with van der Waals surface area (Å²) in [5.41, 5.74) is -0.236. The molecule has 22 heavy (non-hydrogen) atoms. The highest BCUT2D eigenvalue weighted by molar-refractivity contribution is 5.67. The molecule has 2 atom stereocenters. The van der Waals surface area contributed by atoms with Crippen LogP contribution in [0.4, 0.5) is 4.79 Å². The zero-order valence-corrected chi connectivity index (χ0v) is 13.4. The van der Waals surface area contributed by atoms with Gasteiger partial charge in [0.1, 0.15) is 17.5 Å². The maximum atomic E-state index is 11.4. The van der Waals surface area contributed by atoms with Crippen LogP contribution in [0.3, 0.4) is 0 Å². The number of rotatable bonds is 6. The number of aliphatic hydroxyl groups is 2. The topological polar surface area (TPSA) is 101 Å². The summed E-state index contributed by atoms with van der Waals surface area (Å²) in [5.74, 6) is 0.567. The van der Waals surface area contributed by atoms with E-state index < -0.39 is 23.9 Å². The predicted molar refractivity (Wildman–Crippen MR) is 80.6 cm³/mol. The largest absolute Gasteiger partial charge is 0.495 e. The van der Waals surface area contributed by atoms with Crippen molar-refractivity contribution in [1.82, 2.24) is 10.3 Å². The number of ether oxygens (including phenoxy) is 2. The van der Waals surface area contributed by atoms with Crippen molar-refractivity contribution in [1.29, 1.82) is 0 Å². The molecule has 7 nitrogen and oxygen atoms in total. The Morgan fingerprint density at radius 1 is 1.36 bits per heavy atom. The average Bonchev–Trinajstić information content (AvgIpc) is 2.44. The highest BCUT2D eigenvalue weighted by Gasteiger charge is 2.20. The molecule has 0 radical (unpaired) electrons. The second kappa shape index (κ2) is 7.95. The Morgan fingerprint density at radius 3 is 2.55 bits per heavy atom. The van der Waals surface area contributed by atoms with Crippen molar-refractivity contribution in [2.75, 3.05) is 13.7 Å². The van der Waals surface area contributed by atoms with Crippen molar-refractivity contribution in [3.63, 3.8) is 0 Å². The second-order valence-electron chi connectivity index (χ2n) is 5.85. The summed E-state index contributed by atoms with van der Waals surface area (Å²) in [7, 11) is 1.52. The molecule has 0 bridgehead atoms. The van der Waals surface area contributed by atoms with Crippen LogP contribution in [-0.4, -0.2) is 46.6 Å². The molecule has 1 heterocycles. The van der Waals surface area contributed by atoms with Crippen LogP contribution in [0.5, 0.6) is 5.75 Å². The molecular formula is C15H24N2O5. The SMILES string of the molecule is COc1ccc(C(O)C(O)CCNC(=O)OC(C)(C)C)nc1. The maximum absolute atomic E-state index is 11.4. The number of pyridine rings is 1. The predicted octanol–water partition coefficient (Wildman–Crippen LogP) is 1.40. The van der Waals surface area contributed by atoms with E-state index in [0.717, 1.165) is 0 Å². The van der Waals surface area contributed by atoms with Gasteiger partial charge < -0.3 is 25.0 Å². The van der Waals surface area contributed by atoms with E-state index in [4.69, 9.17) is 9.47 Å². The molecule has 124 valence electrons. The molecule has 3 N–H and O–H groups in total. The fraction of sp³-hybridized carbons (Fsp3) is 0.600. The third kappa shape index (κ3) is 6.28. The standard InChI is InChI=1S/C15H24N2O5/c1-15(2,3)22-14(20)16-8-7-12(18)13(19)11-6-5-10(21-4)9-17-11/h5-6,9,12-13,18-19H,7-8H2,1-4H3,(H,16,20). The first-order valence-corrected chi connectivity index (χ1v) is 7.06. The number of hydrogen-bond donors (Lipinski definition) is 3. The Morgan fingerprint density at radius 2 is 2.05 bits per heavy atom. The number of nitrogens with zero attached hydrogens (tertiary/aromatic N) is 1. The molecular weight excluding hydrogens is 288 g/mol. The molecule has 2 unspecified atom stereocenters. The third-order valence-corrected chi connectivity index (χ3v) is 2.77. The normalized spacial score (nSPS) is 14.1. The summed E-state index contributed by atoms with van der Waals surface area (Å²) in [6.45, 7) is 5.48. The van der Waals surface area contributed by atoms with E-state index in [-0.39, 0.29) is 13.0 Å². The van der Waals surface area contributed by atoms with Crippen molar-refractivity contribution >= 4 is 6.09 Å². The summed E-state index contributed by atoms with van der Waals surface area (Å²) in [6, 6.07) is 3.23. The fourth-order valence-corrected chi connectivity index (χ4v) is 1.68. The van der Waals surface area contributed by atoms with Crippen LogP contribution in [-0.2, 0) is 4.74 Å². The Hall–Kier alpha value is -1.86. The number of carbonyl (C=O) groups is 1. The lowest BCUT2D eigenvalue weighted by Crippen LogP contribution is -2.34. The van der Waals surface area contributed by atoms with Gasteiger partial charge in [0.15, 0.2) is 0 Å². The lowest BCUT2D eigenvalue weighted by molar-refractivity contribution is 0.00989. The molecule has 0 fully saturated rings. The minimum absolute atomic E-state index is 0.175. The molecule has 0 saturated carbocycles. The lowest BCUT2D eigenvalue weighted by atomic mass is 10.1.